The van der Waals surface area contributed by atoms with Crippen molar-refractivity contribution in [2.45, 2.75) is 6.92 Å². The SMILES string of the molecule is Cc1csc(NC(=O)c2ccc(Nc3ccccc3)c([N+](=O)[O-])c2)n1. The summed E-state index contributed by atoms with van der Waals surface area (Å²) >= 11 is 1.30. The maximum atomic E-state index is 12.3. The minimum absolute atomic E-state index is 0.174. The third-order valence-corrected chi connectivity index (χ3v) is 4.22. The second-order valence-electron chi connectivity index (χ2n) is 5.23. The average molecular weight is 354 g/mol. The molecule has 0 aliphatic rings. The first-order valence-electron chi connectivity index (χ1n) is 7.37. The molecule has 1 aromatic heterocycles. The van der Waals surface area contributed by atoms with E-state index in [9.17, 15) is 14.9 Å². The molecule has 0 saturated carbocycles. The Morgan fingerprint density at radius 1 is 1.20 bits per heavy atom. The Hall–Kier alpha value is -3.26. The zero-order valence-electron chi connectivity index (χ0n) is 13.2. The summed E-state index contributed by atoms with van der Waals surface area (Å²) in [6.45, 7) is 1.82. The van der Waals surface area contributed by atoms with Crippen molar-refractivity contribution in [2.24, 2.45) is 0 Å². The van der Waals surface area contributed by atoms with Gasteiger partial charge in [0.2, 0.25) is 0 Å². The van der Waals surface area contributed by atoms with Crippen LogP contribution in [0.5, 0.6) is 0 Å². The average Bonchev–Trinajstić information content (AvgIpc) is 3.00. The number of rotatable bonds is 5. The number of anilines is 3. The molecule has 0 spiro atoms. The van der Waals surface area contributed by atoms with Crippen molar-refractivity contribution in [2.75, 3.05) is 10.6 Å². The first kappa shape index (κ1) is 16.6. The fourth-order valence-corrected chi connectivity index (χ4v) is 2.87. The van der Waals surface area contributed by atoms with Crippen LogP contribution in [-0.4, -0.2) is 15.8 Å². The maximum absolute atomic E-state index is 12.3. The van der Waals surface area contributed by atoms with Gasteiger partial charge in [0, 0.05) is 22.7 Å². The minimum Gasteiger partial charge on any atom is -0.350 e. The molecule has 3 aromatic rings. The van der Waals surface area contributed by atoms with Crippen LogP contribution in [0.1, 0.15) is 16.1 Å². The number of thiazole rings is 1. The van der Waals surface area contributed by atoms with E-state index >= 15 is 0 Å². The van der Waals surface area contributed by atoms with Crippen LogP contribution in [0, 0.1) is 17.0 Å². The number of nitro groups is 1. The van der Waals surface area contributed by atoms with Gasteiger partial charge in [-0.2, -0.15) is 0 Å². The predicted octanol–water partition coefficient (Wildman–Crippen LogP) is 4.36. The van der Waals surface area contributed by atoms with E-state index in [-0.39, 0.29) is 11.3 Å². The molecule has 7 nitrogen and oxygen atoms in total. The lowest BCUT2D eigenvalue weighted by Crippen LogP contribution is -2.12. The number of amides is 1. The second kappa shape index (κ2) is 7.10. The largest absolute Gasteiger partial charge is 0.350 e. The van der Waals surface area contributed by atoms with Crippen LogP contribution in [-0.2, 0) is 0 Å². The lowest BCUT2D eigenvalue weighted by atomic mass is 10.1. The van der Waals surface area contributed by atoms with E-state index < -0.39 is 10.8 Å². The fourth-order valence-electron chi connectivity index (χ4n) is 2.19. The molecule has 0 saturated heterocycles. The number of aryl methyl sites for hydroxylation is 1. The van der Waals surface area contributed by atoms with Crippen molar-refractivity contribution in [1.29, 1.82) is 0 Å². The number of nitrogens with zero attached hydrogens (tertiary/aromatic N) is 2. The molecule has 0 aliphatic heterocycles. The number of nitrogens with one attached hydrogen (secondary N) is 2. The monoisotopic (exact) mass is 354 g/mol. The van der Waals surface area contributed by atoms with Gasteiger partial charge in [-0.3, -0.25) is 20.2 Å². The molecular weight excluding hydrogens is 340 g/mol. The van der Waals surface area contributed by atoms with Crippen molar-refractivity contribution in [3.05, 3.63) is 75.3 Å². The predicted molar refractivity (Wildman–Crippen MR) is 97.6 cm³/mol. The Morgan fingerprint density at radius 3 is 2.60 bits per heavy atom. The maximum Gasteiger partial charge on any atom is 0.293 e. The molecule has 126 valence electrons. The van der Waals surface area contributed by atoms with Gasteiger partial charge < -0.3 is 5.32 Å². The molecule has 2 N–H and O–H groups in total. The van der Waals surface area contributed by atoms with E-state index in [1.165, 1.54) is 29.5 Å². The summed E-state index contributed by atoms with van der Waals surface area (Å²) in [6, 6.07) is 13.4. The standard InChI is InChI=1S/C17H14N4O3S/c1-11-10-25-17(18-11)20-16(22)12-7-8-14(15(9-12)21(23)24)19-13-5-3-2-4-6-13/h2-10,19H,1H3,(H,18,20,22). The van der Waals surface area contributed by atoms with Crippen LogP contribution in [0.2, 0.25) is 0 Å². The second-order valence-corrected chi connectivity index (χ2v) is 6.09. The fraction of sp³-hybridized carbons (Fsp3) is 0.0588. The van der Waals surface area contributed by atoms with Gasteiger partial charge in [0.15, 0.2) is 5.13 Å². The summed E-state index contributed by atoms with van der Waals surface area (Å²) in [5, 5.41) is 19.3. The Labute approximate surface area is 147 Å². The summed E-state index contributed by atoms with van der Waals surface area (Å²) in [7, 11) is 0. The molecule has 0 aliphatic carbocycles. The molecule has 0 atom stereocenters. The molecule has 0 fully saturated rings. The van der Waals surface area contributed by atoms with Crippen molar-refractivity contribution < 1.29 is 9.72 Å². The van der Waals surface area contributed by atoms with Crippen LogP contribution in [0.25, 0.3) is 0 Å². The topological polar surface area (TPSA) is 97.2 Å². The lowest BCUT2D eigenvalue weighted by molar-refractivity contribution is -0.383. The van der Waals surface area contributed by atoms with E-state index in [1.54, 1.807) is 12.1 Å². The lowest BCUT2D eigenvalue weighted by Gasteiger charge is -2.08. The molecule has 0 bridgehead atoms. The summed E-state index contributed by atoms with van der Waals surface area (Å²) in [4.78, 5) is 27.3. The van der Waals surface area contributed by atoms with Gasteiger partial charge in [-0.1, -0.05) is 18.2 Å². The minimum atomic E-state index is -0.518. The molecule has 8 heteroatoms. The molecule has 25 heavy (non-hydrogen) atoms. The van der Waals surface area contributed by atoms with Crippen LogP contribution >= 0.6 is 11.3 Å². The number of carbonyl (C=O) groups is 1. The number of aromatic nitrogens is 1. The zero-order valence-corrected chi connectivity index (χ0v) is 14.0. The molecule has 1 amide bonds. The van der Waals surface area contributed by atoms with Crippen LogP contribution in [0.15, 0.2) is 53.9 Å². The van der Waals surface area contributed by atoms with E-state index in [2.05, 4.69) is 15.6 Å². The van der Waals surface area contributed by atoms with Gasteiger partial charge in [-0.05, 0) is 31.2 Å². The summed E-state index contributed by atoms with van der Waals surface area (Å²) < 4.78 is 0. The van der Waals surface area contributed by atoms with Crippen LogP contribution in [0.3, 0.4) is 0 Å². The molecule has 0 radical (unpaired) electrons. The number of hydrogen-bond donors (Lipinski definition) is 2. The number of benzene rings is 2. The quantitative estimate of drug-likeness (QED) is 0.524. The van der Waals surface area contributed by atoms with Crippen molar-refractivity contribution >= 4 is 39.4 Å². The van der Waals surface area contributed by atoms with Crippen molar-refractivity contribution in [3.8, 4) is 0 Å². The summed E-state index contributed by atoms with van der Waals surface area (Å²) in [5.74, 6) is -0.441. The highest BCUT2D eigenvalue weighted by molar-refractivity contribution is 7.13. The first-order chi connectivity index (χ1) is 12.0. The Bertz CT molecular complexity index is 925. The van der Waals surface area contributed by atoms with Gasteiger partial charge in [-0.25, -0.2) is 4.98 Å². The number of hydrogen-bond acceptors (Lipinski definition) is 6. The van der Waals surface area contributed by atoms with Crippen molar-refractivity contribution in [3.63, 3.8) is 0 Å². The number of nitro benzene ring substituents is 1. The highest BCUT2D eigenvalue weighted by atomic mass is 32.1. The smallest absolute Gasteiger partial charge is 0.293 e. The van der Waals surface area contributed by atoms with Gasteiger partial charge in [0.05, 0.1) is 10.6 Å². The molecular formula is C17H14N4O3S. The highest BCUT2D eigenvalue weighted by Gasteiger charge is 2.18. The van der Waals surface area contributed by atoms with Crippen molar-refractivity contribution in [1.82, 2.24) is 4.98 Å². The molecule has 1 heterocycles. The van der Waals surface area contributed by atoms with Gasteiger partial charge >= 0.3 is 0 Å². The van der Waals surface area contributed by atoms with E-state index in [1.807, 2.05) is 30.5 Å². The molecule has 3 rings (SSSR count). The summed E-state index contributed by atoms with van der Waals surface area (Å²) in [6.07, 6.45) is 0. The highest BCUT2D eigenvalue weighted by Crippen LogP contribution is 2.29. The normalized spacial score (nSPS) is 10.3. The van der Waals surface area contributed by atoms with E-state index in [4.69, 9.17) is 0 Å². The first-order valence-corrected chi connectivity index (χ1v) is 8.25. The molecule has 0 unspecified atom stereocenters. The molecule has 2 aromatic carbocycles. The zero-order chi connectivity index (χ0) is 17.8. The Balaban J connectivity index is 1.85. The van der Waals surface area contributed by atoms with E-state index in [0.29, 0.717) is 10.8 Å². The van der Waals surface area contributed by atoms with E-state index in [0.717, 1.165) is 11.4 Å². The van der Waals surface area contributed by atoms with Gasteiger partial charge in [0.1, 0.15) is 5.69 Å². The number of carbonyl (C=O) groups excluding carboxylic acids is 1. The Kier molecular flexibility index (Phi) is 4.71. The van der Waals surface area contributed by atoms with Gasteiger partial charge in [-0.15, -0.1) is 11.3 Å². The number of para-hydroxylation sites is 1. The van der Waals surface area contributed by atoms with Gasteiger partial charge in [0.25, 0.3) is 11.6 Å². The third kappa shape index (κ3) is 3.99. The van der Waals surface area contributed by atoms with Crippen LogP contribution in [0.4, 0.5) is 22.2 Å². The third-order valence-electron chi connectivity index (χ3n) is 3.35. The summed E-state index contributed by atoms with van der Waals surface area (Å²) in [5.41, 5.74) is 1.86. The Morgan fingerprint density at radius 2 is 1.96 bits per heavy atom. The van der Waals surface area contributed by atoms with Crippen LogP contribution < -0.4 is 10.6 Å².